The molecule has 2 aromatic heterocycles. The van der Waals surface area contributed by atoms with Crippen molar-refractivity contribution >= 4 is 28.2 Å². The fourth-order valence-electron chi connectivity index (χ4n) is 2.30. The molecule has 0 bridgehead atoms. The Morgan fingerprint density at radius 1 is 1.24 bits per heavy atom. The van der Waals surface area contributed by atoms with Crippen LogP contribution in [0.25, 0.3) is 0 Å². The number of carbonyl (C=O) groups excluding carboxylic acids is 1. The number of rotatable bonds is 3. The highest BCUT2D eigenvalue weighted by Crippen LogP contribution is 2.15. The third kappa shape index (κ3) is 3.27. The first kappa shape index (κ1) is 13.7. The van der Waals surface area contributed by atoms with Gasteiger partial charge in [0.1, 0.15) is 10.8 Å². The molecule has 0 aliphatic carbocycles. The predicted molar refractivity (Wildman–Crippen MR) is 81.1 cm³/mol. The number of nitrogen functional groups attached to an aromatic ring is 1. The molecule has 21 heavy (non-hydrogen) atoms. The van der Waals surface area contributed by atoms with Gasteiger partial charge in [0.2, 0.25) is 11.0 Å². The zero-order valence-electron chi connectivity index (χ0n) is 11.5. The number of amides is 1. The summed E-state index contributed by atoms with van der Waals surface area (Å²) in [6.45, 7) is 2.98. The van der Waals surface area contributed by atoms with E-state index in [-0.39, 0.29) is 12.3 Å². The van der Waals surface area contributed by atoms with Gasteiger partial charge >= 0.3 is 0 Å². The lowest BCUT2D eigenvalue weighted by atomic mass is 10.2. The van der Waals surface area contributed by atoms with Crippen molar-refractivity contribution in [1.29, 1.82) is 0 Å². The highest BCUT2D eigenvalue weighted by molar-refractivity contribution is 7.15. The number of piperazine rings is 1. The molecule has 8 heteroatoms. The van der Waals surface area contributed by atoms with Crippen LogP contribution in [-0.4, -0.2) is 52.2 Å². The van der Waals surface area contributed by atoms with Crippen LogP contribution in [0.5, 0.6) is 0 Å². The van der Waals surface area contributed by atoms with Crippen molar-refractivity contribution in [2.24, 2.45) is 0 Å². The number of hydrogen-bond donors (Lipinski definition) is 1. The Balaban J connectivity index is 1.54. The zero-order chi connectivity index (χ0) is 14.7. The van der Waals surface area contributed by atoms with Crippen molar-refractivity contribution in [3.63, 3.8) is 0 Å². The number of carbonyl (C=O) groups is 1. The smallest absolute Gasteiger partial charge is 0.229 e. The molecule has 0 aromatic carbocycles. The first-order chi connectivity index (χ1) is 10.2. The summed E-state index contributed by atoms with van der Waals surface area (Å²) in [4.78, 5) is 20.6. The zero-order valence-corrected chi connectivity index (χ0v) is 12.3. The molecule has 110 valence electrons. The molecule has 7 nitrogen and oxygen atoms in total. The van der Waals surface area contributed by atoms with Crippen LogP contribution in [0.4, 0.5) is 10.9 Å². The number of aromatic nitrogens is 3. The van der Waals surface area contributed by atoms with Crippen molar-refractivity contribution < 1.29 is 4.79 Å². The monoisotopic (exact) mass is 304 g/mol. The van der Waals surface area contributed by atoms with Gasteiger partial charge in [-0.2, -0.15) is 0 Å². The molecule has 1 amide bonds. The maximum Gasteiger partial charge on any atom is 0.229 e. The SMILES string of the molecule is Nc1nnc(CC(=O)N2CCN(c3ccccn3)CC2)s1. The van der Waals surface area contributed by atoms with E-state index >= 15 is 0 Å². The molecule has 0 atom stereocenters. The van der Waals surface area contributed by atoms with Crippen molar-refractivity contribution in [1.82, 2.24) is 20.1 Å². The van der Waals surface area contributed by atoms with Crippen LogP contribution >= 0.6 is 11.3 Å². The molecule has 1 aliphatic rings. The normalized spacial score (nSPS) is 15.2. The van der Waals surface area contributed by atoms with Crippen LogP contribution in [-0.2, 0) is 11.2 Å². The van der Waals surface area contributed by atoms with E-state index in [1.165, 1.54) is 11.3 Å². The third-order valence-electron chi connectivity index (χ3n) is 3.39. The second kappa shape index (κ2) is 6.04. The Morgan fingerprint density at radius 2 is 2.05 bits per heavy atom. The van der Waals surface area contributed by atoms with Gasteiger partial charge in [-0.1, -0.05) is 17.4 Å². The van der Waals surface area contributed by atoms with Crippen molar-refractivity contribution in [3.8, 4) is 0 Å². The van der Waals surface area contributed by atoms with E-state index in [1.54, 1.807) is 6.20 Å². The molecule has 3 rings (SSSR count). The van der Waals surface area contributed by atoms with Crippen LogP contribution in [0, 0.1) is 0 Å². The van der Waals surface area contributed by atoms with E-state index in [0.717, 1.165) is 18.9 Å². The van der Waals surface area contributed by atoms with Crippen LogP contribution in [0.3, 0.4) is 0 Å². The molecule has 3 heterocycles. The summed E-state index contributed by atoms with van der Waals surface area (Å²) in [5, 5.41) is 8.69. The van der Waals surface area contributed by atoms with Crippen LogP contribution in [0.15, 0.2) is 24.4 Å². The molecule has 1 saturated heterocycles. The maximum atomic E-state index is 12.2. The van der Waals surface area contributed by atoms with Gasteiger partial charge in [0.15, 0.2) is 0 Å². The molecule has 1 aliphatic heterocycles. The van der Waals surface area contributed by atoms with Gasteiger partial charge in [-0.05, 0) is 12.1 Å². The molecule has 2 aromatic rings. The van der Waals surface area contributed by atoms with Gasteiger partial charge < -0.3 is 15.5 Å². The number of anilines is 2. The quantitative estimate of drug-likeness (QED) is 0.883. The standard InChI is InChI=1S/C13H16N6OS/c14-13-17-16-11(21-13)9-12(20)19-7-5-18(6-8-19)10-3-1-2-4-15-10/h1-4H,5-9H2,(H2,14,17). The number of hydrogen-bond acceptors (Lipinski definition) is 7. The molecule has 1 fully saturated rings. The van der Waals surface area contributed by atoms with Crippen molar-refractivity contribution in [2.45, 2.75) is 6.42 Å². The molecule has 0 spiro atoms. The summed E-state index contributed by atoms with van der Waals surface area (Å²) in [5.41, 5.74) is 5.52. The Hall–Kier alpha value is -2.22. The molecular weight excluding hydrogens is 288 g/mol. The number of nitrogens with zero attached hydrogens (tertiary/aromatic N) is 5. The molecule has 0 saturated carbocycles. The first-order valence-electron chi connectivity index (χ1n) is 6.74. The minimum Gasteiger partial charge on any atom is -0.374 e. The Morgan fingerprint density at radius 3 is 2.67 bits per heavy atom. The molecular formula is C13H16N6OS. The molecule has 2 N–H and O–H groups in total. The van der Waals surface area contributed by atoms with E-state index in [1.807, 2.05) is 23.1 Å². The predicted octanol–water partition coefficient (Wildman–Crippen LogP) is 0.407. The number of nitrogens with two attached hydrogens (primary N) is 1. The van der Waals surface area contributed by atoms with Gasteiger partial charge in [-0.25, -0.2) is 4.98 Å². The maximum absolute atomic E-state index is 12.2. The summed E-state index contributed by atoms with van der Waals surface area (Å²) in [6, 6.07) is 5.86. The summed E-state index contributed by atoms with van der Waals surface area (Å²) >= 11 is 1.27. The third-order valence-corrected chi connectivity index (χ3v) is 4.14. The van der Waals surface area contributed by atoms with E-state index in [0.29, 0.717) is 23.2 Å². The first-order valence-corrected chi connectivity index (χ1v) is 7.55. The van der Waals surface area contributed by atoms with Crippen LogP contribution in [0.1, 0.15) is 5.01 Å². The van der Waals surface area contributed by atoms with Gasteiger partial charge in [0.05, 0.1) is 6.42 Å². The topological polar surface area (TPSA) is 88.2 Å². The highest BCUT2D eigenvalue weighted by Gasteiger charge is 2.22. The van der Waals surface area contributed by atoms with E-state index in [4.69, 9.17) is 5.73 Å². The van der Waals surface area contributed by atoms with Gasteiger partial charge in [0.25, 0.3) is 0 Å². The summed E-state index contributed by atoms with van der Waals surface area (Å²) in [5.74, 6) is 1.04. The number of pyridine rings is 1. The second-order valence-electron chi connectivity index (χ2n) is 4.77. The lowest BCUT2D eigenvalue weighted by Gasteiger charge is -2.35. The van der Waals surface area contributed by atoms with E-state index in [9.17, 15) is 4.79 Å². The van der Waals surface area contributed by atoms with Crippen LogP contribution < -0.4 is 10.6 Å². The summed E-state index contributed by atoms with van der Waals surface area (Å²) < 4.78 is 0. The lowest BCUT2D eigenvalue weighted by Crippen LogP contribution is -2.49. The Kier molecular flexibility index (Phi) is 3.96. The van der Waals surface area contributed by atoms with Crippen LogP contribution in [0.2, 0.25) is 0 Å². The van der Waals surface area contributed by atoms with E-state index in [2.05, 4.69) is 20.1 Å². The van der Waals surface area contributed by atoms with Gasteiger partial charge in [0, 0.05) is 32.4 Å². The Bertz CT molecular complexity index is 608. The minimum atomic E-state index is 0.0758. The van der Waals surface area contributed by atoms with Crippen molar-refractivity contribution in [2.75, 3.05) is 36.8 Å². The minimum absolute atomic E-state index is 0.0758. The fraction of sp³-hybridized carbons (Fsp3) is 0.385. The second-order valence-corrected chi connectivity index (χ2v) is 5.86. The fourth-order valence-corrected chi connectivity index (χ4v) is 2.91. The average molecular weight is 304 g/mol. The summed E-state index contributed by atoms with van der Waals surface area (Å²) in [7, 11) is 0. The molecule has 0 radical (unpaired) electrons. The summed E-state index contributed by atoms with van der Waals surface area (Å²) in [6.07, 6.45) is 2.06. The van der Waals surface area contributed by atoms with Gasteiger partial charge in [-0.3, -0.25) is 4.79 Å². The lowest BCUT2D eigenvalue weighted by molar-refractivity contribution is -0.130. The average Bonchev–Trinajstić information content (AvgIpc) is 2.93. The molecule has 0 unspecified atom stereocenters. The Labute approximate surface area is 126 Å². The largest absolute Gasteiger partial charge is 0.374 e. The van der Waals surface area contributed by atoms with E-state index < -0.39 is 0 Å². The van der Waals surface area contributed by atoms with Gasteiger partial charge in [-0.15, -0.1) is 10.2 Å². The van der Waals surface area contributed by atoms with Crippen molar-refractivity contribution in [3.05, 3.63) is 29.4 Å². The highest BCUT2D eigenvalue weighted by atomic mass is 32.1.